The van der Waals surface area contributed by atoms with Gasteiger partial charge in [-0.1, -0.05) is 0 Å². The Bertz CT molecular complexity index is 527. The first kappa shape index (κ1) is 17.0. The Hall–Kier alpha value is -2.06. The van der Waals surface area contributed by atoms with Crippen LogP contribution in [0.5, 0.6) is 0 Å². The highest BCUT2D eigenvalue weighted by Gasteiger charge is 2.37. The lowest BCUT2D eigenvalue weighted by atomic mass is 10.00. The molecule has 0 unspecified atom stereocenters. The van der Waals surface area contributed by atoms with Crippen molar-refractivity contribution in [1.29, 1.82) is 0 Å². The molecule has 0 saturated heterocycles. The zero-order valence-corrected chi connectivity index (χ0v) is 10.2. The maximum Gasteiger partial charge on any atom is 0.416 e. The van der Waals surface area contributed by atoms with E-state index in [1.165, 1.54) is 0 Å². The van der Waals surface area contributed by atoms with Crippen molar-refractivity contribution in [3.8, 4) is 0 Å². The van der Waals surface area contributed by atoms with Crippen molar-refractivity contribution in [2.75, 3.05) is 0 Å². The van der Waals surface area contributed by atoms with Gasteiger partial charge in [-0.05, 0) is 18.2 Å². The van der Waals surface area contributed by atoms with Crippen LogP contribution in [0.3, 0.4) is 0 Å². The van der Waals surface area contributed by atoms with Crippen molar-refractivity contribution in [2.45, 2.75) is 25.2 Å². The molecule has 0 bridgehead atoms. The summed E-state index contributed by atoms with van der Waals surface area (Å²) in [6.07, 6.45) is -11.5. The summed E-state index contributed by atoms with van der Waals surface area (Å²) in [4.78, 5) is 21.8. The molecule has 116 valence electrons. The second kappa shape index (κ2) is 5.74. The predicted octanol–water partition coefficient (Wildman–Crippen LogP) is 3.77. The Labute approximate surface area is 114 Å². The van der Waals surface area contributed by atoms with Crippen molar-refractivity contribution >= 4 is 11.8 Å². The van der Waals surface area contributed by atoms with E-state index in [2.05, 4.69) is 0 Å². The van der Waals surface area contributed by atoms with Crippen LogP contribution in [0.1, 0.15) is 34.3 Å². The number of hydrogen-bond acceptors (Lipinski definition) is 2. The molecule has 3 nitrogen and oxygen atoms in total. The van der Waals surface area contributed by atoms with Crippen molar-refractivity contribution < 1.29 is 41.0 Å². The van der Waals surface area contributed by atoms with Gasteiger partial charge in [0.05, 0.1) is 17.5 Å². The molecule has 0 fully saturated rings. The quantitative estimate of drug-likeness (QED) is 0.680. The van der Waals surface area contributed by atoms with Crippen molar-refractivity contribution in [2.24, 2.45) is 0 Å². The van der Waals surface area contributed by atoms with Crippen molar-refractivity contribution in [3.63, 3.8) is 0 Å². The van der Waals surface area contributed by atoms with Gasteiger partial charge in [-0.25, -0.2) is 0 Å². The van der Waals surface area contributed by atoms with Crippen LogP contribution in [0.2, 0.25) is 0 Å². The SMILES string of the molecule is O=C(O)CCC(=O)c1cc(C(F)(F)F)cc(C(F)(F)F)c1. The molecule has 0 aromatic heterocycles. The van der Waals surface area contributed by atoms with E-state index in [0.29, 0.717) is 0 Å². The van der Waals surface area contributed by atoms with Gasteiger partial charge in [0, 0.05) is 12.0 Å². The van der Waals surface area contributed by atoms with E-state index in [-0.39, 0.29) is 18.2 Å². The molecule has 0 amide bonds. The number of hydrogen-bond donors (Lipinski definition) is 1. The van der Waals surface area contributed by atoms with Crippen molar-refractivity contribution in [1.82, 2.24) is 0 Å². The molecular weight excluding hydrogens is 306 g/mol. The highest BCUT2D eigenvalue weighted by atomic mass is 19.4. The average Bonchev–Trinajstić information content (AvgIpc) is 2.33. The van der Waals surface area contributed by atoms with Crippen LogP contribution in [0.4, 0.5) is 26.3 Å². The summed E-state index contributed by atoms with van der Waals surface area (Å²) >= 11 is 0. The fraction of sp³-hybridized carbons (Fsp3) is 0.333. The Morgan fingerprint density at radius 3 is 1.62 bits per heavy atom. The molecular formula is C12H8F6O3. The van der Waals surface area contributed by atoms with Crippen LogP contribution >= 0.6 is 0 Å². The number of rotatable bonds is 4. The lowest BCUT2D eigenvalue weighted by Gasteiger charge is -2.13. The predicted molar refractivity (Wildman–Crippen MR) is 57.6 cm³/mol. The minimum Gasteiger partial charge on any atom is -0.481 e. The number of benzene rings is 1. The highest BCUT2D eigenvalue weighted by Crippen LogP contribution is 2.36. The third-order valence-electron chi connectivity index (χ3n) is 2.48. The summed E-state index contributed by atoms with van der Waals surface area (Å²) in [7, 11) is 0. The van der Waals surface area contributed by atoms with Gasteiger partial charge < -0.3 is 5.11 Å². The second-order valence-corrected chi connectivity index (χ2v) is 4.11. The van der Waals surface area contributed by atoms with Gasteiger partial charge in [0.1, 0.15) is 0 Å². The third kappa shape index (κ3) is 4.76. The van der Waals surface area contributed by atoms with E-state index >= 15 is 0 Å². The molecule has 0 saturated carbocycles. The second-order valence-electron chi connectivity index (χ2n) is 4.11. The van der Waals surface area contributed by atoms with Crippen LogP contribution in [-0.2, 0) is 17.1 Å². The summed E-state index contributed by atoms with van der Waals surface area (Å²) < 4.78 is 75.2. The molecule has 21 heavy (non-hydrogen) atoms. The van der Waals surface area contributed by atoms with Crippen LogP contribution in [0.25, 0.3) is 0 Å². The molecule has 1 aromatic rings. The zero-order chi connectivity index (χ0) is 16.4. The molecule has 0 aliphatic rings. The van der Waals surface area contributed by atoms with Crippen molar-refractivity contribution in [3.05, 3.63) is 34.9 Å². The van der Waals surface area contributed by atoms with Gasteiger partial charge in [-0.2, -0.15) is 26.3 Å². The normalized spacial score (nSPS) is 12.3. The largest absolute Gasteiger partial charge is 0.481 e. The Kier molecular flexibility index (Phi) is 4.65. The lowest BCUT2D eigenvalue weighted by molar-refractivity contribution is -0.143. The highest BCUT2D eigenvalue weighted by molar-refractivity contribution is 5.97. The number of carboxylic acids is 1. The fourth-order valence-electron chi connectivity index (χ4n) is 1.48. The Morgan fingerprint density at radius 2 is 1.29 bits per heavy atom. The van der Waals surface area contributed by atoms with E-state index in [1.807, 2.05) is 0 Å². The molecule has 1 rings (SSSR count). The van der Waals surface area contributed by atoms with E-state index in [0.717, 1.165) is 0 Å². The summed E-state index contributed by atoms with van der Waals surface area (Å²) in [5.74, 6) is -2.49. The van der Waals surface area contributed by atoms with E-state index < -0.39 is 53.6 Å². The van der Waals surface area contributed by atoms with E-state index in [1.54, 1.807) is 0 Å². The summed E-state index contributed by atoms with van der Waals surface area (Å²) in [5, 5.41) is 8.36. The molecule has 0 spiro atoms. The third-order valence-corrected chi connectivity index (χ3v) is 2.48. The smallest absolute Gasteiger partial charge is 0.416 e. The molecule has 1 aromatic carbocycles. The lowest BCUT2D eigenvalue weighted by Crippen LogP contribution is -2.14. The molecule has 9 heteroatoms. The minimum absolute atomic E-state index is 0.103. The van der Waals surface area contributed by atoms with E-state index in [9.17, 15) is 35.9 Å². The minimum atomic E-state index is -5.05. The number of carbonyl (C=O) groups is 2. The zero-order valence-electron chi connectivity index (χ0n) is 10.2. The molecule has 1 N–H and O–H groups in total. The number of carboxylic acid groups (broad SMARTS) is 1. The van der Waals surface area contributed by atoms with Gasteiger partial charge in [-0.3, -0.25) is 9.59 Å². The molecule has 0 aliphatic carbocycles. The topological polar surface area (TPSA) is 54.4 Å². The van der Waals surface area contributed by atoms with Crippen LogP contribution in [-0.4, -0.2) is 16.9 Å². The van der Waals surface area contributed by atoms with Gasteiger partial charge in [0.2, 0.25) is 0 Å². The van der Waals surface area contributed by atoms with Crippen LogP contribution < -0.4 is 0 Å². The first-order valence-corrected chi connectivity index (χ1v) is 5.45. The standard InChI is InChI=1S/C12H8F6O3/c13-11(14,15)7-3-6(9(19)1-2-10(20)21)4-8(5-7)12(16,17)18/h3-5H,1-2H2,(H,20,21). The molecule has 0 radical (unpaired) electrons. The van der Waals surface area contributed by atoms with Gasteiger partial charge in [0.25, 0.3) is 0 Å². The van der Waals surface area contributed by atoms with Gasteiger partial charge in [-0.15, -0.1) is 0 Å². The summed E-state index contributed by atoms with van der Waals surface area (Å²) in [6.45, 7) is 0. The number of Topliss-reactive ketones (excluding diaryl/α,β-unsaturated/α-hetero) is 1. The summed E-state index contributed by atoms with van der Waals surface area (Å²) in [5.41, 5.74) is -4.05. The van der Waals surface area contributed by atoms with Crippen LogP contribution in [0.15, 0.2) is 18.2 Å². The maximum atomic E-state index is 12.5. The number of ketones is 1. The van der Waals surface area contributed by atoms with Gasteiger partial charge >= 0.3 is 18.3 Å². The number of alkyl halides is 6. The number of carbonyl (C=O) groups excluding carboxylic acids is 1. The first-order valence-electron chi connectivity index (χ1n) is 5.45. The van der Waals surface area contributed by atoms with Gasteiger partial charge in [0.15, 0.2) is 5.78 Å². The molecule has 0 atom stereocenters. The van der Waals surface area contributed by atoms with Crippen LogP contribution in [0, 0.1) is 0 Å². The monoisotopic (exact) mass is 314 g/mol. The number of aliphatic carboxylic acids is 1. The fourth-order valence-corrected chi connectivity index (χ4v) is 1.48. The Morgan fingerprint density at radius 1 is 0.857 bits per heavy atom. The maximum absolute atomic E-state index is 12.5. The van der Waals surface area contributed by atoms with E-state index in [4.69, 9.17) is 5.11 Å². The molecule has 0 aliphatic heterocycles. The number of halogens is 6. The Balaban J connectivity index is 3.26. The molecule has 0 heterocycles. The first-order chi connectivity index (χ1) is 9.41. The average molecular weight is 314 g/mol. The summed E-state index contributed by atoms with van der Waals surface area (Å²) in [6, 6.07) is 0.451.